The van der Waals surface area contributed by atoms with Crippen molar-refractivity contribution >= 4 is 122 Å². The van der Waals surface area contributed by atoms with E-state index in [1.54, 1.807) is 0 Å². The number of aromatic nitrogens is 16. The van der Waals surface area contributed by atoms with Gasteiger partial charge < -0.3 is 61.1 Å². The fourth-order valence-electron chi connectivity index (χ4n) is 20.9. The Balaban J connectivity index is 0.446. The second kappa shape index (κ2) is 31.2. The van der Waals surface area contributed by atoms with E-state index in [0.717, 1.165) is 291 Å². The molecule has 0 saturated carbocycles. The molecule has 8 aromatic heterocycles. The van der Waals surface area contributed by atoms with Crippen LogP contribution in [0.25, 0.3) is 235 Å². The van der Waals surface area contributed by atoms with Crippen molar-refractivity contribution in [1.82, 2.24) is 79.7 Å². The number of aromatic amines is 8. The first-order valence-electron chi connectivity index (χ1n) is 47.2. The average molecular weight is 1810 g/mol. The van der Waals surface area contributed by atoms with Crippen LogP contribution < -0.4 is 21.3 Å². The van der Waals surface area contributed by atoms with Gasteiger partial charge >= 0.3 is 0 Å². The van der Waals surface area contributed by atoms with Gasteiger partial charge in [0.05, 0.1) is 122 Å². The molecule has 17 aromatic carbocycles. The summed E-state index contributed by atoms with van der Waals surface area (Å²) in [6, 6.07) is 116. The molecule has 0 spiro atoms. The Labute approximate surface area is 801 Å². The number of H-pyrrole nitrogens is 8. The number of aryl methyl sites for hydroxylation is 5. The Hall–Kier alpha value is -18.6. The lowest BCUT2D eigenvalue weighted by atomic mass is 9.97. The molecule has 28 rings (SSSR count). The molecule has 0 saturated heterocycles. The van der Waals surface area contributed by atoms with E-state index in [2.05, 4.69) is 423 Å². The SMILES string of the molecule is Cc1cc(C)cc(-c2nc3cc(-c4ccc5c(c4)NC(c4cccc(-c6nc7ccc(-c8ccc9nc(-c%10cc(C%11=Nc%12ccc(-c%13ccc%14c(c%13)NC(c%13cccc(-c%15nc%16ccc(-c%17ccc%18[nH]c(-c%19cc(C)cc(C)c%19)nc%18c%17)cc%16[nH]%15)c%13)N%14)cc%12C%11)cc(-c%11nc%12ccc(-c%13ccc%14nc(-c%15cccc(-c%16nc%17ccc(C)cc%17[nH]%16)c%15)[nH]c%14c%13)cc%12[nH]%11)c%10)[nH]c9c8)cc7[nH]6)c4)N5)ccc3[nH]2)c1. The Morgan fingerprint density at radius 1 is 0.193 bits per heavy atom. The van der Waals surface area contributed by atoms with E-state index in [0.29, 0.717) is 6.42 Å². The molecule has 666 valence electrons. The van der Waals surface area contributed by atoms with Crippen molar-refractivity contribution in [3.63, 3.8) is 0 Å². The predicted octanol–water partition coefficient (Wildman–Crippen LogP) is 28.7. The standard InChI is InChI=1S/C119H85N21/c1-61-15-26-89-100(43-61)131-110(121-89)76-9-6-10-77(45-76)112-123-91-31-20-70(54-104(91)133-112)74-24-35-97-108(58-74)139-118(129-97)86-48-82(99-60-83-44-66(16-27-88(83)120-99)67-17-28-90-101(51-67)132-111(122-90)78-11-7-12-79(46-78)113-124-92-29-18-68(52-102(92)134-113)72-22-33-95-106(56-72)137-116(127-95)84-39-62(2)37-63(3)40-84)49-87(50-86)119-130-98-36-25-75(59-109(98)140-119)71-21-32-94-105(55-71)136-115(126-94)81-14-8-13-80(47-81)114-125-93-30-19-69(53-103(93)135-114)73-23-34-96-107(57-73)138-117(128-96)85-41-64(4)38-65(5)42-85/h6-59,111,114,122,125,132,135H,60H2,1-5H3,(H,121,131)(H,123,133)(H,124,134)(H,126,136)(H,127,137)(H,128,138)(H,129,139)(H,130,140). The van der Waals surface area contributed by atoms with Crippen molar-refractivity contribution in [2.75, 3.05) is 21.3 Å². The molecule has 3 aliphatic rings. The van der Waals surface area contributed by atoms with E-state index in [1.165, 1.54) is 27.8 Å². The first-order chi connectivity index (χ1) is 68.6. The summed E-state index contributed by atoms with van der Waals surface area (Å²) in [5.41, 5.74) is 49.8. The second-order valence-electron chi connectivity index (χ2n) is 37.8. The second-order valence-corrected chi connectivity index (χ2v) is 37.8. The van der Waals surface area contributed by atoms with Gasteiger partial charge in [-0.2, -0.15) is 0 Å². The molecule has 25 aromatic rings. The van der Waals surface area contributed by atoms with Crippen LogP contribution in [-0.4, -0.2) is 85.5 Å². The van der Waals surface area contributed by atoms with Gasteiger partial charge in [0.15, 0.2) is 0 Å². The third-order valence-electron chi connectivity index (χ3n) is 27.8. The lowest BCUT2D eigenvalue weighted by Crippen LogP contribution is -2.12. The van der Waals surface area contributed by atoms with Crippen LogP contribution >= 0.6 is 0 Å². The van der Waals surface area contributed by atoms with Crippen molar-refractivity contribution in [2.24, 2.45) is 4.99 Å². The van der Waals surface area contributed by atoms with Gasteiger partial charge in [0, 0.05) is 50.9 Å². The van der Waals surface area contributed by atoms with Gasteiger partial charge in [-0.25, -0.2) is 39.9 Å². The molecule has 0 aliphatic carbocycles. The van der Waals surface area contributed by atoms with E-state index in [1.807, 2.05) is 0 Å². The largest absolute Gasteiger partial charge is 0.360 e. The van der Waals surface area contributed by atoms with E-state index in [-0.39, 0.29) is 12.3 Å². The number of anilines is 4. The number of nitrogens with one attached hydrogen (secondary N) is 12. The number of nitrogens with zero attached hydrogens (tertiary/aromatic N) is 9. The highest BCUT2D eigenvalue weighted by Gasteiger charge is 2.29. The maximum atomic E-state index is 5.44. The summed E-state index contributed by atoms with van der Waals surface area (Å²) in [7, 11) is 0. The van der Waals surface area contributed by atoms with Gasteiger partial charge in [0.25, 0.3) is 0 Å². The molecule has 11 heterocycles. The highest BCUT2D eigenvalue weighted by molar-refractivity contribution is 6.09. The molecule has 0 bridgehead atoms. The maximum absolute atomic E-state index is 5.44. The molecule has 3 aliphatic heterocycles. The number of rotatable bonds is 16. The monoisotopic (exact) mass is 1810 g/mol. The van der Waals surface area contributed by atoms with Gasteiger partial charge in [0.2, 0.25) is 0 Å². The molecule has 21 nitrogen and oxygen atoms in total. The minimum absolute atomic E-state index is 0.149. The van der Waals surface area contributed by atoms with Crippen LogP contribution in [0.15, 0.2) is 333 Å². The Morgan fingerprint density at radius 3 is 0.900 bits per heavy atom. The van der Waals surface area contributed by atoms with Gasteiger partial charge in [-0.05, 0) is 312 Å². The molecule has 2 atom stereocenters. The third-order valence-corrected chi connectivity index (χ3v) is 27.8. The molecule has 0 radical (unpaired) electrons. The topological polar surface area (TPSA) is 290 Å². The molecule has 2 unspecified atom stereocenters. The van der Waals surface area contributed by atoms with Crippen LogP contribution in [-0.2, 0) is 6.42 Å². The smallest absolute Gasteiger partial charge is 0.138 e. The molecule has 21 heteroatoms. The lowest BCUT2D eigenvalue weighted by molar-refractivity contribution is 0.941. The van der Waals surface area contributed by atoms with Crippen molar-refractivity contribution in [3.8, 4) is 147 Å². The molecule has 0 amide bonds. The summed E-state index contributed by atoms with van der Waals surface area (Å²) < 4.78 is 0. The fraction of sp³-hybridized carbons (Fsp3) is 0.0672. The lowest BCUT2D eigenvalue weighted by Gasteiger charge is -2.13. The highest BCUT2D eigenvalue weighted by Crippen LogP contribution is 2.46. The van der Waals surface area contributed by atoms with Gasteiger partial charge in [-0.15, -0.1) is 0 Å². The van der Waals surface area contributed by atoms with Gasteiger partial charge in [0.1, 0.15) is 58.9 Å². The van der Waals surface area contributed by atoms with Crippen molar-refractivity contribution < 1.29 is 0 Å². The molecule has 140 heavy (non-hydrogen) atoms. The number of imidazole rings is 8. The fourth-order valence-corrected chi connectivity index (χ4v) is 20.9. The van der Waals surface area contributed by atoms with Crippen LogP contribution in [0.5, 0.6) is 0 Å². The van der Waals surface area contributed by atoms with Gasteiger partial charge in [-0.1, -0.05) is 156 Å². The van der Waals surface area contributed by atoms with E-state index in [9.17, 15) is 0 Å². The van der Waals surface area contributed by atoms with Crippen LogP contribution in [0, 0.1) is 34.6 Å². The minimum atomic E-state index is -0.169. The quantitative estimate of drug-likeness (QED) is 0.0430. The third kappa shape index (κ3) is 14.3. The van der Waals surface area contributed by atoms with Gasteiger partial charge in [-0.3, -0.25) is 4.99 Å². The van der Waals surface area contributed by atoms with Crippen LogP contribution in [0.2, 0.25) is 0 Å². The predicted molar refractivity (Wildman–Crippen MR) is 567 cm³/mol. The normalized spacial score (nSPS) is 13.8. The summed E-state index contributed by atoms with van der Waals surface area (Å²) in [6.07, 6.45) is 0.301. The molecular weight excluding hydrogens is 1720 g/mol. The zero-order valence-electron chi connectivity index (χ0n) is 76.6. The minimum Gasteiger partial charge on any atom is -0.360 e. The summed E-state index contributed by atoms with van der Waals surface area (Å²) >= 11 is 0. The van der Waals surface area contributed by atoms with Crippen molar-refractivity contribution in [3.05, 3.63) is 378 Å². The molecular formula is C119H85N21. The molecule has 0 fully saturated rings. The van der Waals surface area contributed by atoms with Crippen molar-refractivity contribution in [2.45, 2.75) is 53.4 Å². The zero-order valence-corrected chi connectivity index (χ0v) is 76.6. The molecule has 12 N–H and O–H groups in total. The maximum Gasteiger partial charge on any atom is 0.138 e. The summed E-state index contributed by atoms with van der Waals surface area (Å²) in [5, 5.41) is 15.1. The van der Waals surface area contributed by atoms with Crippen LogP contribution in [0.1, 0.15) is 62.4 Å². The summed E-state index contributed by atoms with van der Waals surface area (Å²) in [6.45, 7) is 10.6. The van der Waals surface area contributed by atoms with E-state index in [4.69, 9.17) is 44.9 Å². The first kappa shape index (κ1) is 79.9. The number of benzene rings is 17. The number of hydrogen-bond acceptors (Lipinski definition) is 13. The van der Waals surface area contributed by atoms with Crippen molar-refractivity contribution in [1.29, 1.82) is 0 Å². The van der Waals surface area contributed by atoms with Crippen LogP contribution in [0.3, 0.4) is 0 Å². The van der Waals surface area contributed by atoms with E-state index >= 15 is 0 Å². The number of aliphatic imine (C=N–C) groups is 1. The Morgan fingerprint density at radius 2 is 0.486 bits per heavy atom. The Bertz CT molecular complexity index is 9530. The van der Waals surface area contributed by atoms with E-state index < -0.39 is 0 Å². The first-order valence-corrected chi connectivity index (χ1v) is 47.2. The Kier molecular flexibility index (Phi) is 17.8. The van der Waals surface area contributed by atoms with Crippen LogP contribution in [0.4, 0.5) is 28.4 Å². The number of fused-ring (bicyclic) bond motifs is 11. The summed E-state index contributed by atoms with van der Waals surface area (Å²) in [5.74, 6) is 6.39. The number of hydrogen-bond donors (Lipinski definition) is 12. The average Bonchev–Trinajstić information content (AvgIpc) is 1.62. The zero-order chi connectivity index (χ0) is 92.8. The summed E-state index contributed by atoms with van der Waals surface area (Å²) in [4.78, 5) is 75.6. The highest BCUT2D eigenvalue weighted by atomic mass is 15.2.